The number of aliphatic hydroxyl groups excluding tert-OH is 1. The molecular weight excluding hydrogens is 445 g/mol. The van der Waals surface area contributed by atoms with Crippen LogP contribution < -0.4 is 10.1 Å². The average Bonchev–Trinajstić information content (AvgIpc) is 2.71. The summed E-state index contributed by atoms with van der Waals surface area (Å²) in [5.41, 5.74) is 1.71. The molecule has 4 atom stereocenters. The highest BCUT2D eigenvalue weighted by atomic mass is 35.5. The van der Waals surface area contributed by atoms with Crippen LogP contribution in [0.5, 0.6) is 5.75 Å². The van der Waals surface area contributed by atoms with Gasteiger partial charge in [-0.05, 0) is 55.7 Å². The van der Waals surface area contributed by atoms with Gasteiger partial charge in [-0.15, -0.1) is 0 Å². The molecule has 0 aliphatic rings. The molecule has 0 spiro atoms. The van der Waals surface area contributed by atoms with Gasteiger partial charge in [0.15, 0.2) is 0 Å². The van der Waals surface area contributed by atoms with E-state index in [2.05, 4.69) is 9.84 Å². The molecule has 0 bridgehead atoms. The van der Waals surface area contributed by atoms with Crippen molar-refractivity contribution in [3.63, 3.8) is 0 Å². The number of hydrogen-bond acceptors (Lipinski definition) is 6. The van der Waals surface area contributed by atoms with Crippen LogP contribution in [0, 0.1) is 0 Å². The summed E-state index contributed by atoms with van der Waals surface area (Å²) in [4.78, 5) is 21.1. The number of nitrogens with one attached hydrogen (secondary N) is 1. The Hall–Kier alpha value is -1.93. The van der Waals surface area contributed by atoms with Gasteiger partial charge >= 0.3 is 13.6 Å². The molecular formula is C21H27ClNO7P. The van der Waals surface area contributed by atoms with Crippen molar-refractivity contribution >= 4 is 25.2 Å². The highest BCUT2D eigenvalue weighted by molar-refractivity contribution is 7.54. The van der Waals surface area contributed by atoms with Gasteiger partial charge in [0.2, 0.25) is 0 Å². The Balaban J connectivity index is 1.90. The van der Waals surface area contributed by atoms with Crippen LogP contribution in [0.4, 0.5) is 0 Å². The second-order valence-electron chi connectivity index (χ2n) is 7.02. The van der Waals surface area contributed by atoms with Crippen molar-refractivity contribution in [2.75, 3.05) is 13.2 Å². The number of carbonyl (C=O) groups is 1. The molecule has 0 amide bonds. The van der Waals surface area contributed by atoms with Crippen LogP contribution in [0.3, 0.4) is 0 Å². The summed E-state index contributed by atoms with van der Waals surface area (Å²) in [5.74, 6) is -3.45. The molecule has 0 aliphatic heterocycles. The Labute approximate surface area is 186 Å². The zero-order chi connectivity index (χ0) is 23.0. The molecule has 31 heavy (non-hydrogen) atoms. The van der Waals surface area contributed by atoms with Gasteiger partial charge in [-0.3, -0.25) is 4.57 Å². The highest BCUT2D eigenvalue weighted by Crippen LogP contribution is 2.48. The number of aliphatic carboxylic acids is 1. The lowest BCUT2D eigenvalue weighted by molar-refractivity contribution is -0.142. The molecule has 0 aromatic heterocycles. The molecule has 10 heteroatoms. The molecule has 0 heterocycles. The summed E-state index contributed by atoms with van der Waals surface area (Å²) in [7, 11) is -4.47. The van der Waals surface area contributed by atoms with Crippen molar-refractivity contribution in [3.8, 4) is 5.75 Å². The summed E-state index contributed by atoms with van der Waals surface area (Å²) in [6.07, 6.45) is -0.0177. The first-order valence-corrected chi connectivity index (χ1v) is 11.8. The van der Waals surface area contributed by atoms with Gasteiger partial charge in [0.25, 0.3) is 5.85 Å². The fourth-order valence-corrected chi connectivity index (χ4v) is 4.05. The molecule has 0 radical (unpaired) electrons. The summed E-state index contributed by atoms with van der Waals surface area (Å²) in [6, 6.07) is 13.6. The maximum absolute atomic E-state index is 12.0. The quantitative estimate of drug-likeness (QED) is 0.346. The lowest BCUT2D eigenvalue weighted by Gasteiger charge is -2.20. The van der Waals surface area contributed by atoms with Crippen molar-refractivity contribution in [1.82, 2.24) is 5.32 Å². The van der Waals surface area contributed by atoms with E-state index in [4.69, 9.17) is 16.3 Å². The van der Waals surface area contributed by atoms with E-state index < -0.39 is 25.5 Å². The topological polar surface area (TPSA) is 125 Å². The van der Waals surface area contributed by atoms with Crippen LogP contribution in [0.25, 0.3) is 0 Å². The van der Waals surface area contributed by atoms with Crippen molar-refractivity contribution < 1.29 is 33.7 Å². The Bertz CT molecular complexity index is 892. The zero-order valence-corrected chi connectivity index (χ0v) is 18.9. The zero-order valence-electron chi connectivity index (χ0n) is 17.3. The van der Waals surface area contributed by atoms with Gasteiger partial charge in [0.05, 0.1) is 12.7 Å². The fraction of sp³-hybridized carbons (Fsp3) is 0.381. The summed E-state index contributed by atoms with van der Waals surface area (Å²) in [6.45, 7) is 3.72. The second-order valence-corrected chi connectivity index (χ2v) is 9.31. The van der Waals surface area contributed by atoms with Crippen LogP contribution in [0.1, 0.15) is 31.1 Å². The van der Waals surface area contributed by atoms with Crippen molar-refractivity contribution in [2.45, 2.75) is 38.3 Å². The molecule has 0 aliphatic carbocycles. The molecule has 2 aromatic carbocycles. The standard InChI is InChI=1S/C21H27ClNO7P/c1-3-29-31(27,28)21(20(25)26)30-18-10-4-15(5-11-18)12-14(2)23-13-19(24)16-6-8-17(22)9-7-16/h4-11,14,19,21,23-24H,3,12-13H2,1-2H3,(H,25,26)(H,27,28). The predicted octanol–water partition coefficient (Wildman–Crippen LogP) is 3.61. The smallest absolute Gasteiger partial charge is 0.379 e. The lowest BCUT2D eigenvalue weighted by atomic mass is 10.1. The third kappa shape index (κ3) is 7.92. The molecule has 0 fully saturated rings. The molecule has 2 aromatic rings. The van der Waals surface area contributed by atoms with Gasteiger partial charge in [-0.25, -0.2) is 4.79 Å². The van der Waals surface area contributed by atoms with Crippen molar-refractivity contribution in [2.24, 2.45) is 0 Å². The molecule has 8 nitrogen and oxygen atoms in total. The number of halogens is 1. The summed E-state index contributed by atoms with van der Waals surface area (Å²) < 4.78 is 21.9. The van der Waals surface area contributed by atoms with Crippen LogP contribution >= 0.6 is 19.2 Å². The van der Waals surface area contributed by atoms with E-state index in [9.17, 15) is 24.5 Å². The number of carboxylic acids is 1. The molecule has 0 saturated heterocycles. The van der Waals surface area contributed by atoms with E-state index in [1.165, 1.54) is 19.1 Å². The summed E-state index contributed by atoms with van der Waals surface area (Å²) in [5, 5.41) is 23.3. The lowest BCUT2D eigenvalue weighted by Crippen LogP contribution is -2.32. The van der Waals surface area contributed by atoms with Gasteiger partial charge in [0, 0.05) is 17.6 Å². The van der Waals surface area contributed by atoms with E-state index >= 15 is 0 Å². The monoisotopic (exact) mass is 471 g/mol. The summed E-state index contributed by atoms with van der Waals surface area (Å²) >= 11 is 5.86. The first kappa shape index (κ1) is 25.3. The Kier molecular flexibility index (Phi) is 9.50. The number of carboxylic acid groups (broad SMARTS) is 1. The molecule has 2 rings (SSSR count). The van der Waals surface area contributed by atoms with Crippen LogP contribution in [0.15, 0.2) is 48.5 Å². The largest absolute Gasteiger partial charge is 0.478 e. The first-order valence-electron chi connectivity index (χ1n) is 9.74. The first-order chi connectivity index (χ1) is 14.6. The van der Waals surface area contributed by atoms with Gasteiger partial charge in [0.1, 0.15) is 5.75 Å². The Morgan fingerprint density at radius 3 is 2.32 bits per heavy atom. The normalized spacial score (nSPS) is 16.2. The number of rotatable bonds is 12. The third-order valence-electron chi connectivity index (χ3n) is 4.45. The highest BCUT2D eigenvalue weighted by Gasteiger charge is 2.41. The van der Waals surface area contributed by atoms with Gasteiger partial charge < -0.3 is 29.7 Å². The molecule has 0 saturated carbocycles. The molecule has 170 valence electrons. The van der Waals surface area contributed by atoms with Gasteiger partial charge in [-0.1, -0.05) is 35.9 Å². The van der Waals surface area contributed by atoms with Crippen molar-refractivity contribution in [3.05, 3.63) is 64.7 Å². The number of ether oxygens (including phenoxy) is 1. The molecule has 4 N–H and O–H groups in total. The average molecular weight is 472 g/mol. The van der Waals surface area contributed by atoms with Crippen LogP contribution in [0.2, 0.25) is 5.02 Å². The second kappa shape index (κ2) is 11.6. The fourth-order valence-electron chi connectivity index (χ4n) is 2.88. The van der Waals surface area contributed by atoms with E-state index in [0.29, 0.717) is 18.0 Å². The molecule has 4 unspecified atom stereocenters. The Morgan fingerprint density at radius 1 is 1.16 bits per heavy atom. The van der Waals surface area contributed by atoms with Crippen molar-refractivity contribution in [1.29, 1.82) is 0 Å². The van der Waals surface area contributed by atoms with Crippen LogP contribution in [-0.4, -0.2) is 46.1 Å². The maximum Gasteiger partial charge on any atom is 0.379 e. The van der Waals surface area contributed by atoms with Crippen LogP contribution in [-0.2, 0) is 20.3 Å². The minimum atomic E-state index is -4.47. The van der Waals surface area contributed by atoms with E-state index in [1.807, 2.05) is 6.92 Å². The SMILES string of the molecule is CCOP(=O)(O)C(Oc1ccc(CC(C)NCC(O)c2ccc(Cl)cc2)cc1)C(=O)O. The maximum atomic E-state index is 12.0. The number of aliphatic hydroxyl groups is 1. The number of hydrogen-bond donors (Lipinski definition) is 4. The predicted molar refractivity (Wildman–Crippen MR) is 118 cm³/mol. The van der Waals surface area contributed by atoms with E-state index in [1.54, 1.807) is 36.4 Å². The van der Waals surface area contributed by atoms with E-state index in [-0.39, 0.29) is 18.4 Å². The minimum absolute atomic E-state index is 0.0519. The number of benzene rings is 2. The van der Waals surface area contributed by atoms with E-state index in [0.717, 1.165) is 11.1 Å². The minimum Gasteiger partial charge on any atom is -0.478 e. The van der Waals surface area contributed by atoms with Gasteiger partial charge in [-0.2, -0.15) is 0 Å². The third-order valence-corrected chi connectivity index (χ3v) is 6.25. The Morgan fingerprint density at radius 2 is 1.77 bits per heavy atom.